The summed E-state index contributed by atoms with van der Waals surface area (Å²) >= 11 is 0. The lowest BCUT2D eigenvalue weighted by Crippen LogP contribution is -2.61. The topological polar surface area (TPSA) is 58.4 Å². The average molecular weight is 267 g/mol. The van der Waals surface area contributed by atoms with Gasteiger partial charge in [-0.3, -0.25) is 4.79 Å². The minimum Gasteiger partial charge on any atom is -0.368 e. The van der Waals surface area contributed by atoms with Gasteiger partial charge in [-0.1, -0.05) is 13.3 Å². The van der Waals surface area contributed by atoms with Gasteiger partial charge in [0.1, 0.15) is 0 Å². The Hall–Kier alpha value is -0.610. The molecule has 2 atom stereocenters. The van der Waals surface area contributed by atoms with Crippen LogP contribution in [0.15, 0.2) is 0 Å². The SMILES string of the molecule is CCCCN(C)C1CCCC(NC2CC2)(C(N)=O)C1. The van der Waals surface area contributed by atoms with Crippen LogP contribution in [-0.4, -0.2) is 42.0 Å². The Morgan fingerprint density at radius 3 is 2.74 bits per heavy atom. The van der Waals surface area contributed by atoms with Crippen LogP contribution in [0, 0.1) is 0 Å². The number of carbonyl (C=O) groups excluding carboxylic acids is 1. The third-order valence-electron chi connectivity index (χ3n) is 4.74. The highest BCUT2D eigenvalue weighted by Gasteiger charge is 2.45. The number of primary amides is 1. The number of nitrogens with zero attached hydrogens (tertiary/aromatic N) is 1. The van der Waals surface area contributed by atoms with Crippen LogP contribution in [0.3, 0.4) is 0 Å². The van der Waals surface area contributed by atoms with Gasteiger partial charge in [0.15, 0.2) is 0 Å². The second-order valence-corrected chi connectivity index (χ2v) is 6.45. The van der Waals surface area contributed by atoms with Gasteiger partial charge in [0, 0.05) is 12.1 Å². The summed E-state index contributed by atoms with van der Waals surface area (Å²) in [4.78, 5) is 14.4. The minimum absolute atomic E-state index is 0.145. The first-order valence-corrected chi connectivity index (χ1v) is 7.85. The standard InChI is InChI=1S/C15H29N3O/c1-3-4-10-18(2)13-6-5-9-15(11-13,14(16)19)17-12-7-8-12/h12-13,17H,3-11H2,1-2H3,(H2,16,19). The van der Waals surface area contributed by atoms with E-state index in [9.17, 15) is 4.79 Å². The molecule has 0 spiro atoms. The number of unbranched alkanes of at least 4 members (excludes halogenated alkanes) is 1. The predicted octanol–water partition coefficient (Wildman–Crippen LogP) is 1.64. The van der Waals surface area contributed by atoms with Crippen molar-refractivity contribution < 1.29 is 4.79 Å². The van der Waals surface area contributed by atoms with Gasteiger partial charge in [-0.05, 0) is 58.5 Å². The number of carbonyl (C=O) groups is 1. The maximum absolute atomic E-state index is 12.0. The monoisotopic (exact) mass is 267 g/mol. The van der Waals surface area contributed by atoms with Gasteiger partial charge in [-0.2, -0.15) is 0 Å². The van der Waals surface area contributed by atoms with E-state index in [4.69, 9.17) is 5.73 Å². The minimum atomic E-state index is -0.440. The summed E-state index contributed by atoms with van der Waals surface area (Å²) in [5, 5.41) is 3.55. The Balaban J connectivity index is 1.97. The van der Waals surface area contributed by atoms with Crippen molar-refractivity contribution in [3.63, 3.8) is 0 Å². The first-order valence-electron chi connectivity index (χ1n) is 7.85. The zero-order valence-corrected chi connectivity index (χ0v) is 12.5. The van der Waals surface area contributed by atoms with Crippen LogP contribution >= 0.6 is 0 Å². The molecule has 0 radical (unpaired) electrons. The van der Waals surface area contributed by atoms with Gasteiger partial charge < -0.3 is 16.0 Å². The molecule has 4 heteroatoms. The van der Waals surface area contributed by atoms with E-state index in [0.717, 1.165) is 25.8 Å². The Morgan fingerprint density at radius 1 is 1.42 bits per heavy atom. The highest BCUT2D eigenvalue weighted by atomic mass is 16.1. The van der Waals surface area contributed by atoms with E-state index in [2.05, 4.69) is 24.2 Å². The van der Waals surface area contributed by atoms with E-state index < -0.39 is 5.54 Å². The van der Waals surface area contributed by atoms with Gasteiger partial charge in [0.25, 0.3) is 0 Å². The highest BCUT2D eigenvalue weighted by molar-refractivity contribution is 5.85. The lowest BCUT2D eigenvalue weighted by atomic mass is 9.77. The number of hydrogen-bond acceptors (Lipinski definition) is 3. The van der Waals surface area contributed by atoms with E-state index in [0.29, 0.717) is 12.1 Å². The van der Waals surface area contributed by atoms with Crippen LogP contribution < -0.4 is 11.1 Å². The molecule has 2 rings (SSSR count). The Morgan fingerprint density at radius 2 is 2.16 bits per heavy atom. The highest BCUT2D eigenvalue weighted by Crippen LogP contribution is 2.34. The summed E-state index contributed by atoms with van der Waals surface area (Å²) in [6, 6.07) is 1.03. The normalized spacial score (nSPS) is 31.6. The molecular formula is C15H29N3O. The van der Waals surface area contributed by atoms with E-state index in [1.165, 1.54) is 32.1 Å². The van der Waals surface area contributed by atoms with Crippen LogP contribution in [0.25, 0.3) is 0 Å². The molecule has 2 aliphatic carbocycles. The van der Waals surface area contributed by atoms with E-state index in [1.807, 2.05) is 0 Å². The Kier molecular flexibility index (Phi) is 4.85. The molecule has 0 bridgehead atoms. The molecule has 0 aromatic heterocycles. The molecule has 2 saturated carbocycles. The van der Waals surface area contributed by atoms with Crippen molar-refractivity contribution in [1.82, 2.24) is 10.2 Å². The van der Waals surface area contributed by atoms with Crippen molar-refractivity contribution in [3.8, 4) is 0 Å². The maximum Gasteiger partial charge on any atom is 0.237 e. The molecule has 4 nitrogen and oxygen atoms in total. The van der Waals surface area contributed by atoms with Crippen molar-refractivity contribution in [2.75, 3.05) is 13.6 Å². The summed E-state index contributed by atoms with van der Waals surface area (Å²) in [7, 11) is 2.19. The number of nitrogens with two attached hydrogens (primary N) is 1. The third kappa shape index (κ3) is 3.69. The lowest BCUT2D eigenvalue weighted by Gasteiger charge is -2.42. The van der Waals surface area contributed by atoms with Crippen molar-refractivity contribution in [1.29, 1.82) is 0 Å². The zero-order chi connectivity index (χ0) is 13.9. The van der Waals surface area contributed by atoms with Gasteiger partial charge >= 0.3 is 0 Å². The van der Waals surface area contributed by atoms with E-state index in [1.54, 1.807) is 0 Å². The number of rotatable bonds is 7. The Labute approximate surface area is 117 Å². The largest absolute Gasteiger partial charge is 0.368 e. The van der Waals surface area contributed by atoms with Crippen LogP contribution in [0.2, 0.25) is 0 Å². The van der Waals surface area contributed by atoms with Crippen LogP contribution in [0.4, 0.5) is 0 Å². The summed E-state index contributed by atoms with van der Waals surface area (Å²) in [6.45, 7) is 3.34. The van der Waals surface area contributed by atoms with E-state index >= 15 is 0 Å². The molecule has 2 aliphatic rings. The quantitative estimate of drug-likeness (QED) is 0.737. The second-order valence-electron chi connectivity index (χ2n) is 6.45. The number of amides is 1. The molecule has 0 saturated heterocycles. The fourth-order valence-electron chi connectivity index (χ4n) is 3.26. The maximum atomic E-state index is 12.0. The summed E-state index contributed by atoms with van der Waals surface area (Å²) < 4.78 is 0. The second kappa shape index (κ2) is 6.23. The fourth-order valence-corrected chi connectivity index (χ4v) is 3.26. The summed E-state index contributed by atoms with van der Waals surface area (Å²) in [5.41, 5.74) is 5.28. The van der Waals surface area contributed by atoms with Crippen molar-refractivity contribution >= 4 is 5.91 Å². The molecule has 110 valence electrons. The zero-order valence-electron chi connectivity index (χ0n) is 12.5. The van der Waals surface area contributed by atoms with Crippen LogP contribution in [-0.2, 0) is 4.79 Å². The van der Waals surface area contributed by atoms with Gasteiger partial charge in [-0.25, -0.2) is 0 Å². The molecule has 3 N–H and O–H groups in total. The molecule has 0 aromatic rings. The summed E-state index contributed by atoms with van der Waals surface area (Å²) in [6.07, 6.45) is 8.95. The molecular weight excluding hydrogens is 238 g/mol. The van der Waals surface area contributed by atoms with Crippen LogP contribution in [0.1, 0.15) is 58.3 Å². The molecule has 0 aliphatic heterocycles. The lowest BCUT2D eigenvalue weighted by molar-refractivity contribution is -0.126. The van der Waals surface area contributed by atoms with Crippen molar-refractivity contribution in [3.05, 3.63) is 0 Å². The first kappa shape index (κ1) is 14.8. The molecule has 2 unspecified atom stereocenters. The van der Waals surface area contributed by atoms with Gasteiger partial charge in [0.05, 0.1) is 5.54 Å². The molecule has 2 fully saturated rings. The predicted molar refractivity (Wildman–Crippen MR) is 77.9 cm³/mol. The third-order valence-corrected chi connectivity index (χ3v) is 4.74. The summed E-state index contributed by atoms with van der Waals surface area (Å²) in [5.74, 6) is -0.145. The van der Waals surface area contributed by atoms with Crippen molar-refractivity contribution in [2.24, 2.45) is 5.73 Å². The van der Waals surface area contributed by atoms with Gasteiger partial charge in [0.2, 0.25) is 5.91 Å². The molecule has 0 aromatic carbocycles. The first-order chi connectivity index (χ1) is 9.07. The van der Waals surface area contributed by atoms with Crippen molar-refractivity contribution in [2.45, 2.75) is 75.9 Å². The molecule has 1 amide bonds. The Bertz CT molecular complexity index is 317. The van der Waals surface area contributed by atoms with E-state index in [-0.39, 0.29) is 5.91 Å². The number of hydrogen-bond donors (Lipinski definition) is 2. The molecule has 19 heavy (non-hydrogen) atoms. The van der Waals surface area contributed by atoms with Crippen LogP contribution in [0.5, 0.6) is 0 Å². The average Bonchev–Trinajstić information content (AvgIpc) is 3.19. The number of nitrogens with one attached hydrogen (secondary N) is 1. The van der Waals surface area contributed by atoms with Gasteiger partial charge in [-0.15, -0.1) is 0 Å². The molecule has 0 heterocycles. The fraction of sp³-hybridized carbons (Fsp3) is 0.933. The smallest absolute Gasteiger partial charge is 0.237 e.